The summed E-state index contributed by atoms with van der Waals surface area (Å²) in [7, 11) is 1.51. The van der Waals surface area contributed by atoms with Gasteiger partial charge in [-0.15, -0.1) is 0 Å². The Bertz CT molecular complexity index is 895. The molecule has 29 heavy (non-hydrogen) atoms. The van der Waals surface area contributed by atoms with Crippen LogP contribution in [-0.2, 0) is 14.3 Å². The first kappa shape index (κ1) is 22.3. The number of hydrogen-bond acceptors (Lipinski definition) is 5. The van der Waals surface area contributed by atoms with E-state index in [1.54, 1.807) is 18.2 Å². The van der Waals surface area contributed by atoms with E-state index in [4.69, 9.17) is 25.8 Å². The maximum absolute atomic E-state index is 11.9. The van der Waals surface area contributed by atoms with E-state index in [0.717, 1.165) is 12.0 Å². The molecule has 0 aliphatic heterocycles. The fourth-order valence-electron chi connectivity index (χ4n) is 2.43. The number of rotatable bonds is 9. The fraction of sp³-hybridized carbons (Fsp3) is 0.273. The third kappa shape index (κ3) is 6.84. The second kappa shape index (κ2) is 11.1. The van der Waals surface area contributed by atoms with Crippen molar-refractivity contribution in [1.82, 2.24) is 0 Å². The van der Waals surface area contributed by atoms with Crippen LogP contribution in [0.4, 0.5) is 5.69 Å². The Morgan fingerprint density at radius 1 is 1.21 bits per heavy atom. The molecule has 0 aromatic heterocycles. The van der Waals surface area contributed by atoms with Gasteiger partial charge in [-0.3, -0.25) is 4.79 Å². The molecule has 0 bridgehead atoms. The van der Waals surface area contributed by atoms with Gasteiger partial charge in [-0.2, -0.15) is 0 Å². The quantitative estimate of drug-likeness (QED) is 0.475. The Kier molecular flexibility index (Phi) is 8.55. The van der Waals surface area contributed by atoms with Crippen LogP contribution in [0.1, 0.15) is 24.5 Å². The van der Waals surface area contributed by atoms with E-state index in [1.165, 1.54) is 19.3 Å². The highest BCUT2D eigenvalue weighted by atomic mass is 35.5. The van der Waals surface area contributed by atoms with Gasteiger partial charge in [-0.05, 0) is 48.7 Å². The van der Waals surface area contributed by atoms with Crippen molar-refractivity contribution < 1.29 is 23.8 Å². The lowest BCUT2D eigenvalue weighted by Crippen LogP contribution is -2.20. The SMILES string of the molecule is CCCOc1c(Cl)cc(/C=C/C(=O)OCC(=O)Nc2ccccc2C)cc1OC. The molecule has 0 fully saturated rings. The van der Waals surface area contributed by atoms with E-state index in [9.17, 15) is 9.59 Å². The minimum absolute atomic E-state index is 0.378. The molecular weight excluding hydrogens is 394 g/mol. The zero-order valence-corrected chi connectivity index (χ0v) is 17.4. The second-order valence-corrected chi connectivity index (χ2v) is 6.59. The lowest BCUT2D eigenvalue weighted by Gasteiger charge is -2.12. The van der Waals surface area contributed by atoms with Crippen LogP contribution in [0.15, 0.2) is 42.5 Å². The molecule has 0 saturated carbocycles. The standard InChI is InChI=1S/C22H24ClNO5/c1-4-11-28-22-17(23)12-16(13-19(22)27-3)9-10-21(26)29-14-20(25)24-18-8-6-5-7-15(18)2/h5-10,12-13H,4,11,14H2,1-3H3,(H,24,25)/b10-9+. The number of amides is 1. The van der Waals surface area contributed by atoms with Crippen LogP contribution in [0.25, 0.3) is 6.08 Å². The molecule has 0 saturated heterocycles. The summed E-state index contributed by atoms with van der Waals surface area (Å²) in [4.78, 5) is 23.8. The van der Waals surface area contributed by atoms with Gasteiger partial charge in [0.15, 0.2) is 18.1 Å². The molecule has 1 N–H and O–H groups in total. The Labute approximate surface area is 175 Å². The van der Waals surface area contributed by atoms with E-state index in [-0.39, 0.29) is 6.61 Å². The van der Waals surface area contributed by atoms with Crippen molar-refractivity contribution in [3.8, 4) is 11.5 Å². The number of esters is 1. The minimum atomic E-state index is -0.647. The highest BCUT2D eigenvalue weighted by Gasteiger charge is 2.12. The highest BCUT2D eigenvalue weighted by Crippen LogP contribution is 2.36. The van der Waals surface area contributed by atoms with Crippen LogP contribution in [0.2, 0.25) is 5.02 Å². The van der Waals surface area contributed by atoms with E-state index < -0.39 is 11.9 Å². The van der Waals surface area contributed by atoms with Gasteiger partial charge in [0, 0.05) is 11.8 Å². The van der Waals surface area contributed by atoms with Crippen LogP contribution < -0.4 is 14.8 Å². The molecular formula is C22H24ClNO5. The number of para-hydroxylation sites is 1. The first-order valence-electron chi connectivity index (χ1n) is 9.15. The summed E-state index contributed by atoms with van der Waals surface area (Å²) in [5.41, 5.74) is 2.23. The Balaban J connectivity index is 1.93. The minimum Gasteiger partial charge on any atom is -0.493 e. The van der Waals surface area contributed by atoms with Gasteiger partial charge in [0.25, 0.3) is 5.91 Å². The highest BCUT2D eigenvalue weighted by molar-refractivity contribution is 6.32. The average molecular weight is 418 g/mol. The summed E-state index contributed by atoms with van der Waals surface area (Å²) in [6, 6.07) is 10.7. The van der Waals surface area contributed by atoms with E-state index >= 15 is 0 Å². The molecule has 0 unspecified atom stereocenters. The van der Waals surface area contributed by atoms with E-state index in [1.807, 2.05) is 32.0 Å². The molecule has 0 radical (unpaired) electrons. The Hall–Kier alpha value is -2.99. The van der Waals surface area contributed by atoms with Gasteiger partial charge in [-0.1, -0.05) is 36.7 Å². The van der Waals surface area contributed by atoms with Gasteiger partial charge < -0.3 is 19.5 Å². The average Bonchev–Trinajstić information content (AvgIpc) is 2.71. The number of carbonyl (C=O) groups is 2. The smallest absolute Gasteiger partial charge is 0.331 e. The number of methoxy groups -OCH3 is 1. The van der Waals surface area contributed by atoms with Crippen molar-refractivity contribution in [3.63, 3.8) is 0 Å². The number of benzene rings is 2. The summed E-state index contributed by atoms with van der Waals surface area (Å²) in [5, 5.41) is 3.07. The zero-order valence-electron chi connectivity index (χ0n) is 16.7. The van der Waals surface area contributed by atoms with Crippen molar-refractivity contribution in [3.05, 3.63) is 58.6 Å². The predicted octanol–water partition coefficient (Wildman–Crippen LogP) is 4.64. The fourth-order valence-corrected chi connectivity index (χ4v) is 2.70. The predicted molar refractivity (Wildman–Crippen MR) is 114 cm³/mol. The maximum atomic E-state index is 11.9. The number of halogens is 1. The second-order valence-electron chi connectivity index (χ2n) is 6.19. The summed E-state index contributed by atoms with van der Waals surface area (Å²) in [6.07, 6.45) is 3.59. The van der Waals surface area contributed by atoms with Crippen molar-refractivity contribution in [2.45, 2.75) is 20.3 Å². The number of carbonyl (C=O) groups excluding carboxylic acids is 2. The van der Waals surface area contributed by atoms with Gasteiger partial charge in [0.1, 0.15) is 0 Å². The molecule has 2 rings (SSSR count). The number of ether oxygens (including phenoxy) is 3. The summed E-state index contributed by atoms with van der Waals surface area (Å²) in [5.74, 6) is -0.130. The summed E-state index contributed by atoms with van der Waals surface area (Å²) >= 11 is 6.25. The molecule has 0 aliphatic carbocycles. The van der Waals surface area contributed by atoms with Gasteiger partial charge in [0.05, 0.1) is 18.7 Å². The molecule has 1 amide bonds. The largest absolute Gasteiger partial charge is 0.493 e. The van der Waals surface area contributed by atoms with Crippen LogP contribution in [0, 0.1) is 6.92 Å². The zero-order chi connectivity index (χ0) is 21.2. The Morgan fingerprint density at radius 3 is 2.66 bits per heavy atom. The lowest BCUT2D eigenvalue weighted by atomic mass is 10.2. The van der Waals surface area contributed by atoms with E-state index in [0.29, 0.717) is 34.4 Å². The topological polar surface area (TPSA) is 73.9 Å². The van der Waals surface area contributed by atoms with Crippen LogP contribution in [0.5, 0.6) is 11.5 Å². The molecule has 0 atom stereocenters. The van der Waals surface area contributed by atoms with Crippen molar-refractivity contribution in [2.75, 3.05) is 25.6 Å². The molecule has 0 spiro atoms. The maximum Gasteiger partial charge on any atom is 0.331 e. The number of hydrogen-bond donors (Lipinski definition) is 1. The lowest BCUT2D eigenvalue weighted by molar-refractivity contribution is -0.142. The molecule has 0 aliphatic rings. The third-order valence-corrected chi connectivity index (χ3v) is 4.16. The normalized spacial score (nSPS) is 10.6. The molecule has 0 heterocycles. The van der Waals surface area contributed by atoms with Crippen molar-refractivity contribution >= 4 is 35.2 Å². The Morgan fingerprint density at radius 2 is 1.97 bits per heavy atom. The molecule has 2 aromatic rings. The van der Waals surface area contributed by atoms with E-state index in [2.05, 4.69) is 5.32 Å². The van der Waals surface area contributed by atoms with Crippen LogP contribution in [-0.4, -0.2) is 32.2 Å². The van der Waals surface area contributed by atoms with Crippen molar-refractivity contribution in [2.24, 2.45) is 0 Å². The van der Waals surface area contributed by atoms with Gasteiger partial charge in [0.2, 0.25) is 0 Å². The van der Waals surface area contributed by atoms with Gasteiger partial charge >= 0.3 is 5.97 Å². The van der Waals surface area contributed by atoms with Crippen LogP contribution in [0.3, 0.4) is 0 Å². The summed E-state index contributed by atoms with van der Waals surface area (Å²) in [6.45, 7) is 4.00. The molecule has 2 aromatic carbocycles. The number of aryl methyl sites for hydroxylation is 1. The van der Waals surface area contributed by atoms with Crippen LogP contribution >= 0.6 is 11.6 Å². The first-order chi connectivity index (χ1) is 13.9. The molecule has 154 valence electrons. The van der Waals surface area contributed by atoms with Crippen molar-refractivity contribution in [1.29, 1.82) is 0 Å². The first-order valence-corrected chi connectivity index (χ1v) is 9.53. The third-order valence-electron chi connectivity index (χ3n) is 3.88. The molecule has 6 nitrogen and oxygen atoms in total. The molecule has 7 heteroatoms. The summed E-state index contributed by atoms with van der Waals surface area (Å²) < 4.78 is 15.9. The van der Waals surface area contributed by atoms with Gasteiger partial charge in [-0.25, -0.2) is 4.79 Å². The number of nitrogens with one attached hydrogen (secondary N) is 1. The monoisotopic (exact) mass is 417 g/mol. The number of anilines is 1.